The maximum Gasteiger partial charge on any atom is 0.348 e. The zero-order valence-corrected chi connectivity index (χ0v) is 9.62. The van der Waals surface area contributed by atoms with Gasteiger partial charge in [0.1, 0.15) is 11.6 Å². The topological polar surface area (TPSA) is 93.2 Å². The van der Waals surface area contributed by atoms with Crippen LogP contribution in [-0.2, 0) is 9.53 Å². The Morgan fingerprint density at radius 3 is 2.89 bits per heavy atom. The van der Waals surface area contributed by atoms with E-state index in [4.69, 9.17) is 5.26 Å². The van der Waals surface area contributed by atoms with Gasteiger partial charge in [0.15, 0.2) is 0 Å². The van der Waals surface area contributed by atoms with E-state index in [1.165, 1.54) is 24.3 Å². The summed E-state index contributed by atoms with van der Waals surface area (Å²) in [7, 11) is 0. The quantitative estimate of drug-likeness (QED) is 0.266. The predicted molar refractivity (Wildman–Crippen MR) is 63.3 cm³/mol. The number of non-ortho nitro benzene ring substituents is 1. The lowest BCUT2D eigenvalue weighted by molar-refractivity contribution is -0.384. The van der Waals surface area contributed by atoms with E-state index in [1.807, 2.05) is 0 Å². The van der Waals surface area contributed by atoms with Crippen molar-refractivity contribution < 1.29 is 14.5 Å². The Bertz CT molecular complexity index is 543. The van der Waals surface area contributed by atoms with E-state index in [2.05, 4.69) is 4.74 Å². The predicted octanol–water partition coefficient (Wildman–Crippen LogP) is 2.06. The molecule has 1 aromatic rings. The van der Waals surface area contributed by atoms with Crippen molar-refractivity contribution in [1.29, 1.82) is 5.26 Å². The van der Waals surface area contributed by atoms with Gasteiger partial charge in [-0.05, 0) is 18.6 Å². The molecule has 0 amide bonds. The van der Waals surface area contributed by atoms with Crippen LogP contribution in [0.1, 0.15) is 12.5 Å². The van der Waals surface area contributed by atoms with Crippen LogP contribution in [0.3, 0.4) is 0 Å². The standard InChI is InChI=1S/C12H10N2O4/c1-2-18-12(15)10(8-13)6-9-4-3-5-11(7-9)14(16)17/h3-7H,2H2,1H3/b10-6-. The van der Waals surface area contributed by atoms with Crippen LogP contribution in [0.25, 0.3) is 6.08 Å². The van der Waals surface area contributed by atoms with E-state index in [0.29, 0.717) is 5.56 Å². The van der Waals surface area contributed by atoms with Crippen molar-refractivity contribution in [2.24, 2.45) is 0 Å². The van der Waals surface area contributed by atoms with Crippen molar-refractivity contribution in [3.05, 3.63) is 45.5 Å². The van der Waals surface area contributed by atoms with Crippen molar-refractivity contribution in [3.63, 3.8) is 0 Å². The minimum Gasteiger partial charge on any atom is -0.462 e. The molecule has 0 radical (unpaired) electrons. The number of carbonyl (C=O) groups excluding carboxylic acids is 1. The van der Waals surface area contributed by atoms with Crippen molar-refractivity contribution in [1.82, 2.24) is 0 Å². The molecular formula is C12H10N2O4. The lowest BCUT2D eigenvalue weighted by Gasteiger charge is -1.99. The number of carbonyl (C=O) groups is 1. The van der Waals surface area contributed by atoms with Gasteiger partial charge >= 0.3 is 5.97 Å². The minimum atomic E-state index is -0.744. The van der Waals surface area contributed by atoms with Gasteiger partial charge in [0.25, 0.3) is 5.69 Å². The van der Waals surface area contributed by atoms with Crippen LogP contribution in [0.2, 0.25) is 0 Å². The van der Waals surface area contributed by atoms with Gasteiger partial charge in [0.05, 0.1) is 11.5 Å². The molecule has 1 aromatic carbocycles. The number of rotatable bonds is 4. The summed E-state index contributed by atoms with van der Waals surface area (Å²) < 4.78 is 4.68. The second-order valence-electron chi connectivity index (χ2n) is 3.24. The summed E-state index contributed by atoms with van der Waals surface area (Å²) in [6.07, 6.45) is 1.25. The van der Waals surface area contributed by atoms with Crippen LogP contribution in [0.15, 0.2) is 29.8 Å². The third-order valence-electron chi connectivity index (χ3n) is 2.01. The number of nitrogens with zero attached hydrogens (tertiary/aromatic N) is 2. The number of nitriles is 1. The Morgan fingerprint density at radius 2 is 2.33 bits per heavy atom. The van der Waals surface area contributed by atoms with E-state index < -0.39 is 10.9 Å². The molecule has 0 N–H and O–H groups in total. The van der Waals surface area contributed by atoms with Gasteiger partial charge < -0.3 is 4.74 Å². The molecule has 0 aromatic heterocycles. The molecule has 0 spiro atoms. The number of ether oxygens (including phenoxy) is 1. The maximum absolute atomic E-state index is 11.4. The zero-order valence-electron chi connectivity index (χ0n) is 9.62. The van der Waals surface area contributed by atoms with Gasteiger partial charge in [-0.25, -0.2) is 4.79 Å². The molecule has 92 valence electrons. The van der Waals surface area contributed by atoms with Crippen LogP contribution in [0.4, 0.5) is 5.69 Å². The van der Waals surface area contributed by atoms with E-state index in [0.717, 1.165) is 0 Å². The fourth-order valence-electron chi connectivity index (χ4n) is 1.24. The SMILES string of the molecule is CCOC(=O)/C(C#N)=C\c1cccc([N+](=O)[O-])c1. The van der Waals surface area contributed by atoms with Gasteiger partial charge in [-0.15, -0.1) is 0 Å². The number of nitro benzene ring substituents is 1. The van der Waals surface area contributed by atoms with Gasteiger partial charge in [0.2, 0.25) is 0 Å². The summed E-state index contributed by atoms with van der Waals surface area (Å²) in [6.45, 7) is 1.78. The third kappa shape index (κ3) is 3.42. The largest absolute Gasteiger partial charge is 0.462 e. The first-order chi connectivity index (χ1) is 8.58. The molecule has 0 aliphatic heterocycles. The summed E-state index contributed by atoms with van der Waals surface area (Å²) >= 11 is 0. The molecule has 6 heteroatoms. The highest BCUT2D eigenvalue weighted by atomic mass is 16.6. The van der Waals surface area contributed by atoms with E-state index >= 15 is 0 Å². The summed E-state index contributed by atoms with van der Waals surface area (Å²) in [5.41, 5.74) is 0.0936. The second-order valence-corrected chi connectivity index (χ2v) is 3.24. The van der Waals surface area contributed by atoms with Crippen molar-refractivity contribution in [2.75, 3.05) is 6.61 Å². The van der Waals surface area contributed by atoms with Crippen LogP contribution in [0, 0.1) is 21.4 Å². The van der Waals surface area contributed by atoms with E-state index in [1.54, 1.807) is 19.1 Å². The fourth-order valence-corrected chi connectivity index (χ4v) is 1.24. The highest BCUT2D eigenvalue weighted by Crippen LogP contribution is 2.16. The molecule has 0 saturated carbocycles. The number of esters is 1. The van der Waals surface area contributed by atoms with Crippen molar-refractivity contribution in [3.8, 4) is 6.07 Å². The highest BCUT2D eigenvalue weighted by molar-refractivity contribution is 5.97. The van der Waals surface area contributed by atoms with Gasteiger partial charge in [0, 0.05) is 12.1 Å². The van der Waals surface area contributed by atoms with Gasteiger partial charge in [-0.2, -0.15) is 5.26 Å². The molecule has 0 atom stereocenters. The van der Waals surface area contributed by atoms with Crippen molar-refractivity contribution >= 4 is 17.7 Å². The Balaban J connectivity index is 3.07. The molecule has 0 saturated heterocycles. The van der Waals surface area contributed by atoms with Crippen LogP contribution >= 0.6 is 0 Å². The average molecular weight is 246 g/mol. The van der Waals surface area contributed by atoms with Crippen LogP contribution in [0.5, 0.6) is 0 Å². The van der Waals surface area contributed by atoms with Gasteiger partial charge in [-0.1, -0.05) is 12.1 Å². The Kier molecular flexibility index (Phi) is 4.58. The van der Waals surface area contributed by atoms with E-state index in [9.17, 15) is 14.9 Å². The monoisotopic (exact) mass is 246 g/mol. The number of hydrogen-bond acceptors (Lipinski definition) is 5. The van der Waals surface area contributed by atoms with Crippen LogP contribution in [-0.4, -0.2) is 17.5 Å². The third-order valence-corrected chi connectivity index (χ3v) is 2.01. The highest BCUT2D eigenvalue weighted by Gasteiger charge is 2.11. The lowest BCUT2D eigenvalue weighted by Crippen LogP contribution is -2.06. The molecule has 0 heterocycles. The number of nitro groups is 1. The summed E-state index contributed by atoms with van der Waals surface area (Å²) in [5, 5.41) is 19.4. The van der Waals surface area contributed by atoms with Gasteiger partial charge in [-0.3, -0.25) is 10.1 Å². The first-order valence-corrected chi connectivity index (χ1v) is 5.12. The molecular weight excluding hydrogens is 236 g/mol. The number of hydrogen-bond donors (Lipinski definition) is 0. The van der Waals surface area contributed by atoms with E-state index in [-0.39, 0.29) is 17.9 Å². The Morgan fingerprint density at radius 1 is 1.61 bits per heavy atom. The van der Waals surface area contributed by atoms with Crippen molar-refractivity contribution in [2.45, 2.75) is 6.92 Å². The molecule has 0 bridgehead atoms. The summed E-state index contributed by atoms with van der Waals surface area (Å²) in [6, 6.07) is 7.34. The summed E-state index contributed by atoms with van der Waals surface area (Å²) in [4.78, 5) is 21.4. The van der Waals surface area contributed by atoms with Crippen LogP contribution < -0.4 is 0 Å². The molecule has 6 nitrogen and oxygen atoms in total. The normalized spacial score (nSPS) is 10.6. The molecule has 0 unspecified atom stereocenters. The molecule has 18 heavy (non-hydrogen) atoms. The fraction of sp³-hybridized carbons (Fsp3) is 0.167. The lowest BCUT2D eigenvalue weighted by atomic mass is 10.1. The number of benzene rings is 1. The first-order valence-electron chi connectivity index (χ1n) is 5.12. The zero-order chi connectivity index (χ0) is 13.5. The molecule has 1 rings (SSSR count). The Hall–Kier alpha value is -2.68. The molecule has 0 aliphatic rings. The minimum absolute atomic E-state index is 0.107. The smallest absolute Gasteiger partial charge is 0.348 e. The molecule has 0 fully saturated rings. The average Bonchev–Trinajstić information content (AvgIpc) is 2.36. The maximum atomic E-state index is 11.4. The first kappa shape index (κ1) is 13.4. The Labute approximate surface area is 103 Å². The molecule has 0 aliphatic carbocycles. The summed E-state index contributed by atoms with van der Waals surface area (Å²) in [5.74, 6) is -0.744. The second kappa shape index (κ2) is 6.15.